The average molecular weight is 338 g/mol. The van der Waals surface area contributed by atoms with Crippen LogP contribution in [0.4, 0.5) is 5.69 Å². The van der Waals surface area contributed by atoms with Crippen LogP contribution in [0, 0.1) is 0 Å². The summed E-state index contributed by atoms with van der Waals surface area (Å²) >= 11 is 0. The Kier molecular flexibility index (Phi) is 4.60. The molecule has 1 aromatic carbocycles. The fraction of sp³-hybridized carbons (Fsp3) is 0.176. The molecule has 2 amide bonds. The van der Waals surface area contributed by atoms with E-state index in [1.807, 2.05) is 24.4 Å². The SMILES string of the molecule is CNC(=O)c1nn(C)cc1NC(=O)c1cccc(Cn2cccn2)c1. The number of carbonyl (C=O) groups is 2. The van der Waals surface area contributed by atoms with Gasteiger partial charge in [0.15, 0.2) is 5.69 Å². The number of hydrogen-bond acceptors (Lipinski definition) is 4. The molecule has 0 atom stereocenters. The van der Waals surface area contributed by atoms with Crippen molar-refractivity contribution in [2.45, 2.75) is 6.54 Å². The van der Waals surface area contributed by atoms with Gasteiger partial charge in [0.2, 0.25) is 0 Å². The van der Waals surface area contributed by atoms with Crippen molar-refractivity contribution >= 4 is 17.5 Å². The molecule has 25 heavy (non-hydrogen) atoms. The Morgan fingerprint density at radius 1 is 1.20 bits per heavy atom. The van der Waals surface area contributed by atoms with Gasteiger partial charge in [0.25, 0.3) is 11.8 Å². The van der Waals surface area contributed by atoms with Gasteiger partial charge < -0.3 is 10.6 Å². The third-order valence-electron chi connectivity index (χ3n) is 3.61. The highest BCUT2D eigenvalue weighted by Crippen LogP contribution is 2.15. The lowest BCUT2D eigenvalue weighted by Crippen LogP contribution is -2.21. The fourth-order valence-electron chi connectivity index (χ4n) is 2.45. The van der Waals surface area contributed by atoms with E-state index in [4.69, 9.17) is 0 Å². The molecule has 0 bridgehead atoms. The maximum atomic E-state index is 12.5. The second-order valence-corrected chi connectivity index (χ2v) is 5.50. The Hall–Kier alpha value is -3.42. The summed E-state index contributed by atoms with van der Waals surface area (Å²) in [5.74, 6) is -0.663. The normalized spacial score (nSPS) is 10.5. The van der Waals surface area contributed by atoms with Crippen LogP contribution in [0.25, 0.3) is 0 Å². The predicted octanol–water partition coefficient (Wildman–Crippen LogP) is 1.28. The van der Waals surface area contributed by atoms with Gasteiger partial charge in [-0.3, -0.25) is 19.0 Å². The number of aryl methyl sites for hydroxylation is 1. The second kappa shape index (κ2) is 7.00. The van der Waals surface area contributed by atoms with Crippen LogP contribution in [-0.4, -0.2) is 38.4 Å². The van der Waals surface area contributed by atoms with E-state index in [9.17, 15) is 9.59 Å². The van der Waals surface area contributed by atoms with Crippen LogP contribution >= 0.6 is 0 Å². The Morgan fingerprint density at radius 3 is 2.76 bits per heavy atom. The Labute approximate surface area is 144 Å². The first-order valence-corrected chi connectivity index (χ1v) is 7.70. The Morgan fingerprint density at radius 2 is 2.04 bits per heavy atom. The van der Waals surface area contributed by atoms with E-state index < -0.39 is 0 Å². The molecule has 2 aromatic heterocycles. The van der Waals surface area contributed by atoms with E-state index >= 15 is 0 Å². The monoisotopic (exact) mass is 338 g/mol. The molecule has 3 aromatic rings. The molecule has 0 aliphatic rings. The maximum Gasteiger partial charge on any atom is 0.273 e. The molecule has 2 heterocycles. The van der Waals surface area contributed by atoms with Crippen molar-refractivity contribution < 1.29 is 9.59 Å². The molecule has 0 aliphatic heterocycles. The van der Waals surface area contributed by atoms with Gasteiger partial charge >= 0.3 is 0 Å². The molecule has 0 radical (unpaired) electrons. The molecule has 0 unspecified atom stereocenters. The van der Waals surface area contributed by atoms with Gasteiger partial charge in [0.1, 0.15) is 0 Å². The van der Waals surface area contributed by atoms with Gasteiger partial charge in [0, 0.05) is 38.2 Å². The van der Waals surface area contributed by atoms with Crippen LogP contribution in [0.15, 0.2) is 48.9 Å². The number of hydrogen-bond donors (Lipinski definition) is 2. The van der Waals surface area contributed by atoms with Crippen LogP contribution in [0.1, 0.15) is 26.4 Å². The summed E-state index contributed by atoms with van der Waals surface area (Å²) in [5, 5.41) is 13.5. The first-order valence-electron chi connectivity index (χ1n) is 7.70. The zero-order valence-corrected chi connectivity index (χ0v) is 13.9. The number of benzene rings is 1. The van der Waals surface area contributed by atoms with Crippen LogP contribution in [0.3, 0.4) is 0 Å². The highest BCUT2D eigenvalue weighted by atomic mass is 16.2. The smallest absolute Gasteiger partial charge is 0.273 e. The average Bonchev–Trinajstić information content (AvgIpc) is 3.24. The number of anilines is 1. The van der Waals surface area contributed by atoms with Crippen molar-refractivity contribution in [3.63, 3.8) is 0 Å². The number of carbonyl (C=O) groups excluding carboxylic acids is 2. The molecule has 8 nitrogen and oxygen atoms in total. The van der Waals surface area contributed by atoms with E-state index in [2.05, 4.69) is 20.8 Å². The van der Waals surface area contributed by atoms with Crippen molar-refractivity contribution in [3.8, 4) is 0 Å². The molecule has 3 rings (SSSR count). The largest absolute Gasteiger partial charge is 0.354 e. The van der Waals surface area contributed by atoms with E-state index in [0.717, 1.165) is 5.56 Å². The van der Waals surface area contributed by atoms with Crippen molar-refractivity contribution in [2.75, 3.05) is 12.4 Å². The van der Waals surface area contributed by atoms with E-state index in [1.54, 1.807) is 36.3 Å². The summed E-state index contributed by atoms with van der Waals surface area (Å²) in [6, 6.07) is 9.11. The fourth-order valence-corrected chi connectivity index (χ4v) is 2.45. The Balaban J connectivity index is 1.79. The second-order valence-electron chi connectivity index (χ2n) is 5.50. The molecule has 128 valence electrons. The topological polar surface area (TPSA) is 93.8 Å². The Bertz CT molecular complexity index is 898. The summed E-state index contributed by atoms with van der Waals surface area (Å²) in [5.41, 5.74) is 1.99. The standard InChI is InChI=1S/C17H18N6O2/c1-18-17(25)15-14(11-22(2)21-15)20-16(24)13-6-3-5-12(9-13)10-23-8-4-7-19-23/h3-9,11H,10H2,1-2H3,(H,18,25)(H,20,24). The van der Waals surface area contributed by atoms with Gasteiger partial charge in [0.05, 0.1) is 12.2 Å². The van der Waals surface area contributed by atoms with Crippen molar-refractivity contribution in [2.24, 2.45) is 7.05 Å². The molecular weight excluding hydrogens is 320 g/mol. The van der Waals surface area contributed by atoms with Crippen LogP contribution in [0.5, 0.6) is 0 Å². The van der Waals surface area contributed by atoms with Crippen LogP contribution in [-0.2, 0) is 13.6 Å². The van der Waals surface area contributed by atoms with Gasteiger partial charge in [-0.15, -0.1) is 0 Å². The quantitative estimate of drug-likeness (QED) is 0.733. The number of rotatable bonds is 5. The first-order chi connectivity index (χ1) is 12.1. The highest BCUT2D eigenvalue weighted by Gasteiger charge is 2.17. The molecule has 0 saturated carbocycles. The molecule has 0 saturated heterocycles. The zero-order chi connectivity index (χ0) is 17.8. The van der Waals surface area contributed by atoms with Crippen molar-refractivity contribution in [1.29, 1.82) is 0 Å². The summed E-state index contributed by atoms with van der Waals surface area (Å²) in [6.45, 7) is 0.574. The van der Waals surface area contributed by atoms with E-state index in [0.29, 0.717) is 17.8 Å². The van der Waals surface area contributed by atoms with E-state index in [1.165, 1.54) is 11.7 Å². The molecule has 0 aliphatic carbocycles. The lowest BCUT2D eigenvalue weighted by atomic mass is 10.1. The summed E-state index contributed by atoms with van der Waals surface area (Å²) in [7, 11) is 3.20. The summed E-state index contributed by atoms with van der Waals surface area (Å²) in [6.07, 6.45) is 5.16. The number of aromatic nitrogens is 4. The third kappa shape index (κ3) is 3.74. The molecule has 8 heteroatoms. The molecular formula is C17H18N6O2. The van der Waals surface area contributed by atoms with Crippen molar-refractivity contribution in [1.82, 2.24) is 24.9 Å². The predicted molar refractivity (Wildman–Crippen MR) is 92.3 cm³/mol. The minimum absolute atomic E-state index is 0.172. The number of amides is 2. The van der Waals surface area contributed by atoms with Crippen LogP contribution in [0.2, 0.25) is 0 Å². The third-order valence-corrected chi connectivity index (χ3v) is 3.61. The van der Waals surface area contributed by atoms with E-state index in [-0.39, 0.29) is 17.5 Å². The van der Waals surface area contributed by atoms with Gasteiger partial charge in [-0.05, 0) is 23.8 Å². The summed E-state index contributed by atoms with van der Waals surface area (Å²) in [4.78, 5) is 24.4. The zero-order valence-electron chi connectivity index (χ0n) is 13.9. The van der Waals surface area contributed by atoms with Gasteiger partial charge in [-0.1, -0.05) is 12.1 Å². The highest BCUT2D eigenvalue weighted by molar-refractivity contribution is 6.08. The maximum absolute atomic E-state index is 12.5. The molecule has 0 fully saturated rings. The molecule has 2 N–H and O–H groups in total. The van der Waals surface area contributed by atoms with Crippen LogP contribution < -0.4 is 10.6 Å². The van der Waals surface area contributed by atoms with Gasteiger partial charge in [-0.2, -0.15) is 10.2 Å². The first kappa shape index (κ1) is 16.4. The lowest BCUT2D eigenvalue weighted by Gasteiger charge is -2.07. The van der Waals surface area contributed by atoms with Crippen molar-refractivity contribution in [3.05, 3.63) is 65.7 Å². The minimum atomic E-state index is -0.358. The summed E-state index contributed by atoms with van der Waals surface area (Å²) < 4.78 is 3.26. The minimum Gasteiger partial charge on any atom is -0.354 e. The lowest BCUT2D eigenvalue weighted by molar-refractivity contribution is 0.0958. The van der Waals surface area contributed by atoms with Gasteiger partial charge in [-0.25, -0.2) is 0 Å². The number of nitrogens with one attached hydrogen (secondary N) is 2. The molecule has 0 spiro atoms. The number of nitrogens with zero attached hydrogens (tertiary/aromatic N) is 4.